The summed E-state index contributed by atoms with van der Waals surface area (Å²) in [5.74, 6) is -1.40. The summed E-state index contributed by atoms with van der Waals surface area (Å²) in [4.78, 5) is -1.21. The molecule has 0 bridgehead atoms. The molecule has 148 valence electrons. The van der Waals surface area contributed by atoms with Crippen molar-refractivity contribution >= 4 is 10.1 Å². The van der Waals surface area contributed by atoms with Gasteiger partial charge in [-0.15, -0.1) is 0 Å². The van der Waals surface area contributed by atoms with E-state index in [1.54, 1.807) is 0 Å². The van der Waals surface area contributed by atoms with Crippen molar-refractivity contribution in [3.63, 3.8) is 0 Å². The first-order valence-electron chi connectivity index (χ1n) is 7.16. The molecule has 0 heterocycles. The Morgan fingerprint density at radius 1 is 0.963 bits per heavy atom. The average molecular weight is 416 g/mol. The number of hydrogen-bond acceptors (Lipinski definition) is 3. The maximum atomic E-state index is 13.8. The standard InChI is InChI=1S/C16H11F7O3S/c1-9-6-7-12(17)13(8-9)27(24,25)26-14(16(21,22)23)10-4-2-3-5-11(10)15(18,19)20/h2-8,14H,1H3. The Morgan fingerprint density at radius 3 is 2.11 bits per heavy atom. The van der Waals surface area contributed by atoms with Gasteiger partial charge >= 0.3 is 22.5 Å². The Balaban J connectivity index is 2.60. The van der Waals surface area contributed by atoms with Gasteiger partial charge in [-0.3, -0.25) is 0 Å². The monoisotopic (exact) mass is 416 g/mol. The maximum absolute atomic E-state index is 13.8. The van der Waals surface area contributed by atoms with E-state index < -0.39 is 50.4 Å². The molecule has 0 N–H and O–H groups in total. The summed E-state index contributed by atoms with van der Waals surface area (Å²) in [7, 11) is -5.37. The molecule has 0 spiro atoms. The predicted molar refractivity (Wildman–Crippen MR) is 79.6 cm³/mol. The second-order valence-corrected chi connectivity index (χ2v) is 7.03. The van der Waals surface area contributed by atoms with Crippen molar-refractivity contribution in [2.45, 2.75) is 30.3 Å². The third kappa shape index (κ3) is 4.78. The van der Waals surface area contributed by atoms with Crippen molar-refractivity contribution in [1.29, 1.82) is 0 Å². The fraction of sp³-hybridized carbons (Fsp3) is 0.250. The minimum atomic E-state index is -5.52. The number of benzene rings is 2. The second kappa shape index (κ2) is 7.12. The highest BCUT2D eigenvalue weighted by atomic mass is 32.2. The Kier molecular flexibility index (Phi) is 5.58. The van der Waals surface area contributed by atoms with Crippen LogP contribution in [0.4, 0.5) is 30.7 Å². The van der Waals surface area contributed by atoms with Crippen LogP contribution in [0, 0.1) is 12.7 Å². The molecule has 0 aliphatic rings. The Bertz CT molecular complexity index is 934. The Hall–Kier alpha value is -2.14. The normalized spacial score (nSPS) is 14.2. The molecule has 1 unspecified atom stereocenters. The van der Waals surface area contributed by atoms with Crippen molar-refractivity contribution in [2.24, 2.45) is 0 Å². The van der Waals surface area contributed by atoms with Crippen molar-refractivity contribution in [1.82, 2.24) is 0 Å². The number of rotatable bonds is 4. The summed E-state index contributed by atoms with van der Waals surface area (Å²) < 4.78 is 121. The number of hydrogen-bond donors (Lipinski definition) is 0. The molecule has 0 radical (unpaired) electrons. The summed E-state index contributed by atoms with van der Waals surface area (Å²) >= 11 is 0. The van der Waals surface area contributed by atoms with Gasteiger partial charge in [-0.1, -0.05) is 24.3 Å². The zero-order chi connectivity index (χ0) is 20.6. The Morgan fingerprint density at radius 2 is 1.56 bits per heavy atom. The van der Waals surface area contributed by atoms with Crippen LogP contribution in [0.1, 0.15) is 22.8 Å². The van der Waals surface area contributed by atoms with Gasteiger partial charge in [0, 0.05) is 5.56 Å². The van der Waals surface area contributed by atoms with Crippen LogP contribution >= 0.6 is 0 Å². The molecule has 0 aliphatic heterocycles. The molecule has 2 aromatic rings. The van der Waals surface area contributed by atoms with Crippen LogP contribution in [0.15, 0.2) is 47.4 Å². The lowest BCUT2D eigenvalue weighted by Crippen LogP contribution is -2.29. The molecular weight excluding hydrogens is 405 g/mol. The molecule has 0 saturated carbocycles. The summed E-state index contributed by atoms with van der Waals surface area (Å²) in [6.07, 6.45) is -14.2. The van der Waals surface area contributed by atoms with Gasteiger partial charge in [0.15, 0.2) is 6.10 Å². The van der Waals surface area contributed by atoms with Crippen LogP contribution < -0.4 is 0 Å². The van der Waals surface area contributed by atoms with Gasteiger partial charge in [-0.05, 0) is 30.7 Å². The zero-order valence-electron chi connectivity index (χ0n) is 13.4. The molecule has 0 saturated heterocycles. The second-order valence-electron chi connectivity index (χ2n) is 5.49. The van der Waals surface area contributed by atoms with Gasteiger partial charge in [-0.25, -0.2) is 8.57 Å². The largest absolute Gasteiger partial charge is 0.420 e. The van der Waals surface area contributed by atoms with Crippen LogP contribution in [0.5, 0.6) is 0 Å². The van der Waals surface area contributed by atoms with Crippen LogP contribution in [-0.2, 0) is 20.5 Å². The van der Waals surface area contributed by atoms with Crippen LogP contribution in [0.25, 0.3) is 0 Å². The molecule has 0 fully saturated rings. The molecule has 27 heavy (non-hydrogen) atoms. The van der Waals surface area contributed by atoms with Crippen molar-refractivity contribution in [3.05, 3.63) is 65.0 Å². The smallest absolute Gasteiger partial charge is 0.248 e. The molecule has 2 aromatic carbocycles. The van der Waals surface area contributed by atoms with E-state index in [0.29, 0.717) is 24.3 Å². The minimum absolute atomic E-state index is 0.192. The fourth-order valence-electron chi connectivity index (χ4n) is 2.25. The topological polar surface area (TPSA) is 43.4 Å². The van der Waals surface area contributed by atoms with Gasteiger partial charge in [0.25, 0.3) is 0 Å². The van der Waals surface area contributed by atoms with Crippen molar-refractivity contribution < 1.29 is 43.3 Å². The number of alkyl halides is 6. The molecule has 0 aliphatic carbocycles. The van der Waals surface area contributed by atoms with E-state index in [-0.39, 0.29) is 5.56 Å². The maximum Gasteiger partial charge on any atom is 0.420 e. The fourth-order valence-corrected chi connectivity index (χ4v) is 3.45. The SMILES string of the molecule is Cc1ccc(F)c(S(=O)(=O)OC(c2ccccc2C(F)(F)F)C(F)(F)F)c1. The van der Waals surface area contributed by atoms with Gasteiger partial charge in [0.2, 0.25) is 0 Å². The summed E-state index contributed by atoms with van der Waals surface area (Å²) in [5, 5.41) is 0. The molecule has 3 nitrogen and oxygen atoms in total. The lowest BCUT2D eigenvalue weighted by molar-refractivity contribution is -0.199. The average Bonchev–Trinajstić information content (AvgIpc) is 2.53. The van der Waals surface area contributed by atoms with E-state index >= 15 is 0 Å². The summed E-state index contributed by atoms with van der Waals surface area (Å²) in [5.41, 5.74) is -2.97. The first kappa shape index (κ1) is 21.2. The van der Waals surface area contributed by atoms with Crippen molar-refractivity contribution in [2.75, 3.05) is 0 Å². The molecule has 0 aromatic heterocycles. The molecule has 11 heteroatoms. The lowest BCUT2D eigenvalue weighted by Gasteiger charge is -2.24. The third-order valence-corrected chi connectivity index (χ3v) is 4.72. The predicted octanol–water partition coefficient (Wildman–Crippen LogP) is 5.16. The van der Waals surface area contributed by atoms with Crippen molar-refractivity contribution in [3.8, 4) is 0 Å². The molecule has 1 atom stereocenters. The third-order valence-electron chi connectivity index (χ3n) is 3.42. The van der Waals surface area contributed by atoms with E-state index in [9.17, 15) is 39.2 Å². The van der Waals surface area contributed by atoms with Gasteiger partial charge in [0.1, 0.15) is 10.7 Å². The van der Waals surface area contributed by atoms with E-state index in [4.69, 9.17) is 0 Å². The highest BCUT2D eigenvalue weighted by Gasteiger charge is 2.49. The van der Waals surface area contributed by atoms with E-state index in [2.05, 4.69) is 4.18 Å². The van der Waals surface area contributed by atoms with Gasteiger partial charge in [0.05, 0.1) is 5.56 Å². The summed E-state index contributed by atoms with van der Waals surface area (Å²) in [6.45, 7) is 1.35. The first-order valence-corrected chi connectivity index (χ1v) is 8.56. The molecule has 2 rings (SSSR count). The first-order chi connectivity index (χ1) is 12.2. The van der Waals surface area contributed by atoms with Crippen LogP contribution in [0.3, 0.4) is 0 Å². The molecule has 0 amide bonds. The summed E-state index contributed by atoms with van der Waals surface area (Å²) in [6, 6.07) is 5.08. The Labute approximate surface area is 149 Å². The van der Waals surface area contributed by atoms with Gasteiger partial charge in [-0.2, -0.15) is 34.8 Å². The minimum Gasteiger partial charge on any atom is -0.248 e. The molecular formula is C16H11F7O3S. The van der Waals surface area contributed by atoms with Crippen LogP contribution in [0.2, 0.25) is 0 Å². The highest BCUT2D eigenvalue weighted by Crippen LogP contribution is 2.43. The highest BCUT2D eigenvalue weighted by molar-refractivity contribution is 7.86. The number of aryl methyl sites for hydroxylation is 1. The van der Waals surface area contributed by atoms with E-state index in [0.717, 1.165) is 18.2 Å². The van der Waals surface area contributed by atoms with E-state index in [1.807, 2.05) is 0 Å². The van der Waals surface area contributed by atoms with Crippen LogP contribution in [-0.4, -0.2) is 14.6 Å². The quantitative estimate of drug-likeness (QED) is 0.511. The zero-order valence-corrected chi connectivity index (χ0v) is 14.2. The number of halogens is 7. The van der Waals surface area contributed by atoms with E-state index in [1.165, 1.54) is 6.92 Å². The van der Waals surface area contributed by atoms with Gasteiger partial charge < -0.3 is 0 Å². The lowest BCUT2D eigenvalue weighted by atomic mass is 10.0.